The van der Waals surface area contributed by atoms with Crippen molar-refractivity contribution in [2.45, 2.75) is 13.3 Å². The van der Waals surface area contributed by atoms with Crippen LogP contribution in [0.4, 0.5) is 5.69 Å². The molecule has 0 saturated carbocycles. The van der Waals surface area contributed by atoms with E-state index in [0.29, 0.717) is 37.6 Å². The third kappa shape index (κ3) is 5.72. The number of ether oxygens (including phenoxy) is 2. The highest BCUT2D eigenvalue weighted by atomic mass is 16.5. The Balaban J connectivity index is 2.26. The van der Waals surface area contributed by atoms with E-state index in [1.165, 1.54) is 0 Å². The number of anilines is 1. The van der Waals surface area contributed by atoms with Crippen molar-refractivity contribution in [3.63, 3.8) is 0 Å². The predicted molar refractivity (Wildman–Crippen MR) is 75.2 cm³/mol. The summed E-state index contributed by atoms with van der Waals surface area (Å²) < 4.78 is 10.2. The molecule has 5 nitrogen and oxygen atoms in total. The van der Waals surface area contributed by atoms with Crippen LogP contribution in [0.15, 0.2) is 18.2 Å². The standard InChI is InChI=1S/C14H22N2O3/c1-11-4-5-12(15)10-13(11)14(17)16-6-3-7-19-9-8-18-2/h4-5,10H,3,6-9,15H2,1-2H3,(H,16,17). The summed E-state index contributed by atoms with van der Waals surface area (Å²) in [4.78, 5) is 11.9. The molecule has 106 valence electrons. The fourth-order valence-electron chi connectivity index (χ4n) is 1.60. The number of methoxy groups -OCH3 is 1. The molecule has 0 unspecified atom stereocenters. The second-order valence-electron chi connectivity index (χ2n) is 4.29. The van der Waals surface area contributed by atoms with E-state index in [0.717, 1.165) is 12.0 Å². The highest BCUT2D eigenvalue weighted by Crippen LogP contribution is 2.12. The Labute approximate surface area is 114 Å². The van der Waals surface area contributed by atoms with Crippen molar-refractivity contribution in [2.75, 3.05) is 39.2 Å². The van der Waals surface area contributed by atoms with Crippen LogP contribution in [0.3, 0.4) is 0 Å². The number of benzene rings is 1. The van der Waals surface area contributed by atoms with Gasteiger partial charge in [0.2, 0.25) is 0 Å². The largest absolute Gasteiger partial charge is 0.399 e. The number of carbonyl (C=O) groups excluding carboxylic acids is 1. The molecular weight excluding hydrogens is 244 g/mol. The maximum Gasteiger partial charge on any atom is 0.251 e. The average Bonchev–Trinajstić information content (AvgIpc) is 2.40. The molecule has 1 amide bonds. The van der Waals surface area contributed by atoms with E-state index >= 15 is 0 Å². The minimum absolute atomic E-state index is 0.0957. The van der Waals surface area contributed by atoms with Crippen LogP contribution in [0.1, 0.15) is 22.3 Å². The van der Waals surface area contributed by atoms with Crippen molar-refractivity contribution in [3.05, 3.63) is 29.3 Å². The minimum Gasteiger partial charge on any atom is -0.399 e. The van der Waals surface area contributed by atoms with Gasteiger partial charge in [-0.15, -0.1) is 0 Å². The van der Waals surface area contributed by atoms with E-state index in [-0.39, 0.29) is 5.91 Å². The van der Waals surface area contributed by atoms with E-state index in [1.807, 2.05) is 13.0 Å². The molecule has 0 heterocycles. The van der Waals surface area contributed by atoms with Gasteiger partial charge in [-0.2, -0.15) is 0 Å². The molecule has 1 aromatic rings. The molecular formula is C14H22N2O3. The summed E-state index contributed by atoms with van der Waals surface area (Å²) in [5.74, 6) is -0.0957. The number of nitrogens with one attached hydrogen (secondary N) is 1. The Kier molecular flexibility index (Phi) is 6.92. The van der Waals surface area contributed by atoms with Crippen molar-refractivity contribution >= 4 is 11.6 Å². The first-order valence-electron chi connectivity index (χ1n) is 6.36. The van der Waals surface area contributed by atoms with Crippen LogP contribution in [-0.2, 0) is 9.47 Å². The molecule has 0 fully saturated rings. The zero-order chi connectivity index (χ0) is 14.1. The molecule has 0 spiro atoms. The summed E-state index contributed by atoms with van der Waals surface area (Å²) in [7, 11) is 1.64. The molecule has 0 aliphatic rings. The predicted octanol–water partition coefficient (Wildman–Crippen LogP) is 1.36. The zero-order valence-electron chi connectivity index (χ0n) is 11.6. The SMILES string of the molecule is COCCOCCCNC(=O)c1cc(N)ccc1C. The smallest absolute Gasteiger partial charge is 0.251 e. The number of hydrogen-bond donors (Lipinski definition) is 2. The molecule has 0 radical (unpaired) electrons. The second-order valence-corrected chi connectivity index (χ2v) is 4.29. The van der Waals surface area contributed by atoms with Crippen LogP contribution in [0, 0.1) is 6.92 Å². The van der Waals surface area contributed by atoms with Gasteiger partial charge < -0.3 is 20.5 Å². The van der Waals surface area contributed by atoms with E-state index < -0.39 is 0 Å². The van der Waals surface area contributed by atoms with Gasteiger partial charge in [0, 0.05) is 31.5 Å². The maximum absolute atomic E-state index is 11.9. The molecule has 1 rings (SSSR count). The first-order valence-corrected chi connectivity index (χ1v) is 6.36. The summed E-state index contributed by atoms with van der Waals surface area (Å²) in [6, 6.07) is 5.33. The van der Waals surface area contributed by atoms with Crippen LogP contribution in [0.5, 0.6) is 0 Å². The molecule has 0 bridgehead atoms. The number of carbonyl (C=O) groups is 1. The van der Waals surface area contributed by atoms with E-state index in [1.54, 1.807) is 19.2 Å². The first kappa shape index (κ1) is 15.5. The Bertz CT molecular complexity index is 408. The lowest BCUT2D eigenvalue weighted by Crippen LogP contribution is -2.26. The van der Waals surface area contributed by atoms with Crippen molar-refractivity contribution in [1.82, 2.24) is 5.32 Å². The van der Waals surface area contributed by atoms with Gasteiger partial charge in [-0.05, 0) is 31.0 Å². The second kappa shape index (κ2) is 8.50. The Hall–Kier alpha value is -1.59. The number of aryl methyl sites for hydroxylation is 1. The quantitative estimate of drug-likeness (QED) is 0.550. The van der Waals surface area contributed by atoms with Crippen molar-refractivity contribution in [2.24, 2.45) is 0 Å². The molecule has 3 N–H and O–H groups in total. The van der Waals surface area contributed by atoms with Crippen LogP contribution in [0.2, 0.25) is 0 Å². The normalized spacial score (nSPS) is 10.4. The highest BCUT2D eigenvalue weighted by molar-refractivity contribution is 5.96. The molecule has 0 aliphatic carbocycles. The molecule has 0 aliphatic heterocycles. The number of amides is 1. The topological polar surface area (TPSA) is 73.6 Å². The number of hydrogen-bond acceptors (Lipinski definition) is 4. The summed E-state index contributed by atoms with van der Waals surface area (Å²) >= 11 is 0. The van der Waals surface area contributed by atoms with Crippen molar-refractivity contribution in [3.8, 4) is 0 Å². The first-order chi connectivity index (χ1) is 9.15. The Morgan fingerprint density at radius 3 is 2.84 bits per heavy atom. The van der Waals surface area contributed by atoms with Gasteiger partial charge in [-0.1, -0.05) is 6.07 Å². The zero-order valence-corrected chi connectivity index (χ0v) is 11.6. The van der Waals surface area contributed by atoms with Crippen LogP contribution in [0.25, 0.3) is 0 Å². The molecule has 0 aromatic heterocycles. The summed E-state index contributed by atoms with van der Waals surface area (Å²) in [5.41, 5.74) is 7.82. The minimum atomic E-state index is -0.0957. The van der Waals surface area contributed by atoms with Crippen LogP contribution >= 0.6 is 0 Å². The molecule has 5 heteroatoms. The Morgan fingerprint density at radius 1 is 1.32 bits per heavy atom. The van der Waals surface area contributed by atoms with Crippen molar-refractivity contribution < 1.29 is 14.3 Å². The van der Waals surface area contributed by atoms with Crippen LogP contribution in [-0.4, -0.2) is 39.4 Å². The number of nitrogen functional groups attached to an aromatic ring is 1. The van der Waals surface area contributed by atoms with E-state index in [9.17, 15) is 4.79 Å². The molecule has 0 saturated heterocycles. The third-order valence-electron chi connectivity index (χ3n) is 2.69. The maximum atomic E-state index is 11.9. The fourth-order valence-corrected chi connectivity index (χ4v) is 1.60. The average molecular weight is 266 g/mol. The van der Waals surface area contributed by atoms with Gasteiger partial charge in [-0.3, -0.25) is 4.79 Å². The molecule has 1 aromatic carbocycles. The van der Waals surface area contributed by atoms with Gasteiger partial charge in [0.05, 0.1) is 13.2 Å². The lowest BCUT2D eigenvalue weighted by molar-refractivity contribution is 0.0688. The number of rotatable bonds is 8. The third-order valence-corrected chi connectivity index (χ3v) is 2.69. The molecule has 0 atom stereocenters. The van der Waals surface area contributed by atoms with Crippen LogP contribution < -0.4 is 11.1 Å². The van der Waals surface area contributed by atoms with Crippen molar-refractivity contribution in [1.29, 1.82) is 0 Å². The summed E-state index contributed by atoms with van der Waals surface area (Å²) in [6.45, 7) is 4.26. The summed E-state index contributed by atoms with van der Waals surface area (Å²) in [5, 5.41) is 2.85. The summed E-state index contributed by atoms with van der Waals surface area (Å²) in [6.07, 6.45) is 0.775. The van der Waals surface area contributed by atoms with E-state index in [2.05, 4.69) is 5.32 Å². The van der Waals surface area contributed by atoms with Gasteiger partial charge >= 0.3 is 0 Å². The van der Waals surface area contributed by atoms with Gasteiger partial charge in [0.25, 0.3) is 5.91 Å². The highest BCUT2D eigenvalue weighted by Gasteiger charge is 2.08. The van der Waals surface area contributed by atoms with Gasteiger partial charge in [0.15, 0.2) is 0 Å². The monoisotopic (exact) mass is 266 g/mol. The lowest BCUT2D eigenvalue weighted by Gasteiger charge is -2.08. The van der Waals surface area contributed by atoms with Gasteiger partial charge in [-0.25, -0.2) is 0 Å². The van der Waals surface area contributed by atoms with Gasteiger partial charge in [0.1, 0.15) is 0 Å². The molecule has 19 heavy (non-hydrogen) atoms. The Morgan fingerprint density at radius 2 is 2.11 bits per heavy atom. The van der Waals surface area contributed by atoms with E-state index in [4.69, 9.17) is 15.2 Å². The lowest BCUT2D eigenvalue weighted by atomic mass is 10.1. The fraction of sp³-hybridized carbons (Fsp3) is 0.500. The number of nitrogens with two attached hydrogens (primary N) is 1.